The zero-order chi connectivity index (χ0) is 8.53. The van der Waals surface area contributed by atoms with Crippen LogP contribution in [0.1, 0.15) is 32.1 Å². The summed E-state index contributed by atoms with van der Waals surface area (Å²) in [6.07, 6.45) is 3.93. The van der Waals surface area contributed by atoms with E-state index < -0.39 is 0 Å². The first-order valence-corrected chi connectivity index (χ1v) is 3.91. The molecule has 2 heteroatoms. The molecule has 0 amide bonds. The standard InChI is InChI=1S/C9H13N2/c1-2-5-9(8-11)6-3-4-7-10/h9H,1-6H2. The van der Waals surface area contributed by atoms with Crippen LogP contribution in [0.2, 0.25) is 0 Å². The predicted octanol–water partition coefficient (Wildman–Crippen LogP) is 2.43. The van der Waals surface area contributed by atoms with E-state index >= 15 is 0 Å². The van der Waals surface area contributed by atoms with E-state index in [1.807, 2.05) is 0 Å². The van der Waals surface area contributed by atoms with Crippen molar-refractivity contribution in [1.29, 1.82) is 10.5 Å². The van der Waals surface area contributed by atoms with Gasteiger partial charge in [-0.15, -0.1) is 0 Å². The summed E-state index contributed by atoms with van der Waals surface area (Å²) in [5.74, 6) is 0.112. The summed E-state index contributed by atoms with van der Waals surface area (Å²) in [7, 11) is 0. The number of hydrogen-bond donors (Lipinski definition) is 0. The van der Waals surface area contributed by atoms with Crippen molar-refractivity contribution in [2.24, 2.45) is 5.92 Å². The number of hydrogen-bond acceptors (Lipinski definition) is 2. The van der Waals surface area contributed by atoms with Gasteiger partial charge in [0, 0.05) is 12.3 Å². The molecule has 2 nitrogen and oxygen atoms in total. The summed E-state index contributed by atoms with van der Waals surface area (Å²) in [6, 6.07) is 4.28. The zero-order valence-corrected chi connectivity index (χ0v) is 6.71. The molecule has 0 saturated heterocycles. The summed E-state index contributed by atoms with van der Waals surface area (Å²) in [5, 5.41) is 16.8. The van der Waals surface area contributed by atoms with Gasteiger partial charge < -0.3 is 0 Å². The van der Waals surface area contributed by atoms with E-state index in [0.29, 0.717) is 6.42 Å². The van der Waals surface area contributed by atoms with Gasteiger partial charge >= 0.3 is 0 Å². The smallest absolute Gasteiger partial charge is 0.0655 e. The van der Waals surface area contributed by atoms with Crippen molar-refractivity contribution in [1.82, 2.24) is 0 Å². The van der Waals surface area contributed by atoms with Gasteiger partial charge in [0.1, 0.15) is 0 Å². The van der Waals surface area contributed by atoms with Crippen molar-refractivity contribution < 1.29 is 0 Å². The Bertz CT molecular complexity index is 161. The van der Waals surface area contributed by atoms with Gasteiger partial charge in [0.2, 0.25) is 0 Å². The van der Waals surface area contributed by atoms with E-state index in [9.17, 15) is 0 Å². The third-order valence-electron chi connectivity index (χ3n) is 1.58. The molecule has 0 spiro atoms. The maximum absolute atomic E-state index is 8.60. The average molecular weight is 149 g/mol. The lowest BCUT2D eigenvalue weighted by Gasteiger charge is -2.03. The first-order valence-electron chi connectivity index (χ1n) is 3.91. The molecule has 11 heavy (non-hydrogen) atoms. The summed E-state index contributed by atoms with van der Waals surface area (Å²) in [6.45, 7) is 3.69. The third-order valence-corrected chi connectivity index (χ3v) is 1.58. The van der Waals surface area contributed by atoms with Crippen molar-refractivity contribution in [3.05, 3.63) is 6.92 Å². The Morgan fingerprint density at radius 2 is 2.00 bits per heavy atom. The van der Waals surface area contributed by atoms with Crippen LogP contribution < -0.4 is 0 Å². The van der Waals surface area contributed by atoms with E-state index in [-0.39, 0.29) is 5.92 Å². The topological polar surface area (TPSA) is 47.6 Å². The van der Waals surface area contributed by atoms with Gasteiger partial charge in [0.25, 0.3) is 0 Å². The third kappa shape index (κ3) is 5.43. The Morgan fingerprint density at radius 3 is 2.45 bits per heavy atom. The Morgan fingerprint density at radius 1 is 1.27 bits per heavy atom. The van der Waals surface area contributed by atoms with Crippen molar-refractivity contribution in [2.75, 3.05) is 0 Å². The van der Waals surface area contributed by atoms with Gasteiger partial charge in [-0.3, -0.25) is 0 Å². The van der Waals surface area contributed by atoms with Gasteiger partial charge in [-0.05, 0) is 19.3 Å². The number of nitriles is 2. The number of nitrogens with zero attached hydrogens (tertiary/aromatic N) is 2. The van der Waals surface area contributed by atoms with Gasteiger partial charge in [0.05, 0.1) is 12.1 Å². The molecule has 0 N–H and O–H groups in total. The SMILES string of the molecule is [CH2]CCC(C#N)CCCC#N. The second-order valence-corrected chi connectivity index (χ2v) is 2.52. The summed E-state index contributed by atoms with van der Waals surface area (Å²) < 4.78 is 0. The minimum atomic E-state index is 0.112. The first kappa shape index (κ1) is 9.98. The molecule has 59 valence electrons. The van der Waals surface area contributed by atoms with E-state index in [4.69, 9.17) is 10.5 Å². The second kappa shape index (κ2) is 7.09. The van der Waals surface area contributed by atoms with Crippen LogP contribution in [-0.2, 0) is 0 Å². The average Bonchev–Trinajstić information content (AvgIpc) is 2.03. The van der Waals surface area contributed by atoms with Crippen molar-refractivity contribution in [2.45, 2.75) is 32.1 Å². The maximum atomic E-state index is 8.60. The first-order chi connectivity index (χ1) is 5.35. The normalized spacial score (nSPS) is 11.5. The molecule has 0 bridgehead atoms. The fraction of sp³-hybridized carbons (Fsp3) is 0.667. The van der Waals surface area contributed by atoms with Gasteiger partial charge in [-0.25, -0.2) is 0 Å². The molecule has 0 aromatic heterocycles. The van der Waals surface area contributed by atoms with Gasteiger partial charge in [0.15, 0.2) is 0 Å². The summed E-state index contributed by atoms with van der Waals surface area (Å²) in [5.41, 5.74) is 0. The van der Waals surface area contributed by atoms with Crippen LogP contribution in [0.4, 0.5) is 0 Å². The van der Waals surface area contributed by atoms with Crippen LogP contribution >= 0.6 is 0 Å². The van der Waals surface area contributed by atoms with Crippen LogP contribution in [0.25, 0.3) is 0 Å². The number of rotatable bonds is 5. The van der Waals surface area contributed by atoms with E-state index in [2.05, 4.69) is 19.1 Å². The van der Waals surface area contributed by atoms with Crippen LogP contribution in [-0.4, -0.2) is 0 Å². The second-order valence-electron chi connectivity index (χ2n) is 2.52. The molecule has 1 atom stereocenters. The molecule has 0 aliphatic rings. The van der Waals surface area contributed by atoms with Crippen molar-refractivity contribution in [3.63, 3.8) is 0 Å². The van der Waals surface area contributed by atoms with E-state index in [0.717, 1.165) is 25.7 Å². The van der Waals surface area contributed by atoms with Crippen molar-refractivity contribution in [3.8, 4) is 12.1 Å². The Hall–Kier alpha value is -1.02. The van der Waals surface area contributed by atoms with Crippen molar-refractivity contribution >= 4 is 0 Å². The summed E-state index contributed by atoms with van der Waals surface area (Å²) >= 11 is 0. The molecule has 0 rings (SSSR count). The van der Waals surface area contributed by atoms with E-state index in [1.165, 1.54) is 0 Å². The molecule has 0 aliphatic carbocycles. The van der Waals surface area contributed by atoms with E-state index in [1.54, 1.807) is 0 Å². The van der Waals surface area contributed by atoms with Crippen LogP contribution in [0.5, 0.6) is 0 Å². The molecular formula is C9H13N2. The monoisotopic (exact) mass is 149 g/mol. The highest BCUT2D eigenvalue weighted by molar-refractivity contribution is 4.83. The van der Waals surface area contributed by atoms with Crippen LogP contribution in [0, 0.1) is 35.5 Å². The predicted molar refractivity (Wildman–Crippen MR) is 43.2 cm³/mol. The lowest BCUT2D eigenvalue weighted by molar-refractivity contribution is 0.541. The highest BCUT2D eigenvalue weighted by atomic mass is 14.3. The van der Waals surface area contributed by atoms with Crippen LogP contribution in [0.15, 0.2) is 0 Å². The van der Waals surface area contributed by atoms with Gasteiger partial charge in [-0.1, -0.05) is 13.3 Å². The minimum Gasteiger partial charge on any atom is -0.198 e. The molecule has 1 radical (unpaired) electrons. The molecule has 1 unspecified atom stereocenters. The Kier molecular flexibility index (Phi) is 6.43. The van der Waals surface area contributed by atoms with Gasteiger partial charge in [-0.2, -0.15) is 10.5 Å². The molecule has 0 fully saturated rings. The molecule has 0 aromatic carbocycles. The minimum absolute atomic E-state index is 0.112. The maximum Gasteiger partial charge on any atom is 0.0655 e. The molecule has 0 aromatic rings. The highest BCUT2D eigenvalue weighted by Crippen LogP contribution is 2.12. The Labute approximate surface area is 68.4 Å². The lowest BCUT2D eigenvalue weighted by atomic mass is 9.99. The largest absolute Gasteiger partial charge is 0.198 e. The lowest BCUT2D eigenvalue weighted by Crippen LogP contribution is -1.95. The molecule has 0 saturated carbocycles. The summed E-state index contributed by atoms with van der Waals surface area (Å²) in [4.78, 5) is 0. The molecule has 0 aliphatic heterocycles. The fourth-order valence-electron chi connectivity index (χ4n) is 0.947. The molecular weight excluding hydrogens is 136 g/mol. The quantitative estimate of drug-likeness (QED) is 0.563. The highest BCUT2D eigenvalue weighted by Gasteiger charge is 2.04. The fourth-order valence-corrected chi connectivity index (χ4v) is 0.947. The zero-order valence-electron chi connectivity index (χ0n) is 6.71. The van der Waals surface area contributed by atoms with Crippen LogP contribution in [0.3, 0.4) is 0 Å². The molecule has 0 heterocycles. The number of unbranched alkanes of at least 4 members (excludes halogenated alkanes) is 1. The Balaban J connectivity index is 3.39.